The third-order valence-electron chi connectivity index (χ3n) is 2.71. The molecule has 0 radical (unpaired) electrons. The van der Waals surface area contributed by atoms with E-state index in [1.807, 2.05) is 0 Å². The van der Waals surface area contributed by atoms with Gasteiger partial charge in [0.15, 0.2) is 5.75 Å². The molecule has 1 N–H and O–H groups in total. The van der Waals surface area contributed by atoms with Crippen molar-refractivity contribution in [1.82, 2.24) is 0 Å². The molecule has 0 spiro atoms. The lowest BCUT2D eigenvalue weighted by Gasteiger charge is -2.07. The van der Waals surface area contributed by atoms with Gasteiger partial charge in [0.1, 0.15) is 6.61 Å². The second-order valence-corrected chi connectivity index (χ2v) is 4.05. The molecule has 2 rings (SSSR count). The number of aromatic carboxylic acids is 1. The summed E-state index contributed by atoms with van der Waals surface area (Å²) < 4.78 is 10.2. The zero-order valence-corrected chi connectivity index (χ0v) is 10.5. The average molecular weight is 277 g/mol. The maximum absolute atomic E-state index is 11.0. The van der Waals surface area contributed by atoms with Crippen LogP contribution in [0.1, 0.15) is 21.7 Å². The molecule has 0 saturated heterocycles. The van der Waals surface area contributed by atoms with Crippen LogP contribution in [0.25, 0.3) is 0 Å². The molecule has 1 aromatic heterocycles. The molecule has 0 aliphatic rings. The number of nitro groups is 1. The van der Waals surface area contributed by atoms with Crippen molar-refractivity contribution in [3.63, 3.8) is 0 Å². The van der Waals surface area contributed by atoms with Crippen LogP contribution in [0.4, 0.5) is 5.69 Å². The molecule has 0 atom stereocenters. The molecule has 0 saturated carbocycles. The number of carboxylic acid groups (broad SMARTS) is 1. The first-order valence-electron chi connectivity index (χ1n) is 5.67. The summed E-state index contributed by atoms with van der Waals surface area (Å²) in [6.07, 6.45) is 1.23. The van der Waals surface area contributed by atoms with Crippen LogP contribution in [0, 0.1) is 17.0 Å². The highest BCUT2D eigenvalue weighted by Crippen LogP contribution is 2.31. The van der Waals surface area contributed by atoms with E-state index in [1.54, 1.807) is 19.1 Å². The van der Waals surface area contributed by atoms with Crippen molar-refractivity contribution in [3.8, 4) is 5.75 Å². The van der Waals surface area contributed by atoms with E-state index in [1.165, 1.54) is 18.4 Å². The lowest BCUT2D eigenvalue weighted by atomic mass is 10.2. The van der Waals surface area contributed by atoms with Crippen molar-refractivity contribution in [2.45, 2.75) is 13.5 Å². The molecule has 1 aromatic carbocycles. The minimum Gasteiger partial charge on any atom is -0.482 e. The number of nitrogens with zero attached hydrogens (tertiary/aromatic N) is 1. The van der Waals surface area contributed by atoms with Crippen molar-refractivity contribution < 1.29 is 24.0 Å². The molecule has 2 aromatic rings. The summed E-state index contributed by atoms with van der Waals surface area (Å²) in [5.41, 5.74) is 0.652. The van der Waals surface area contributed by atoms with Gasteiger partial charge in [-0.05, 0) is 19.1 Å². The number of benzene rings is 1. The first kappa shape index (κ1) is 13.6. The van der Waals surface area contributed by atoms with E-state index in [9.17, 15) is 14.9 Å². The Morgan fingerprint density at radius 1 is 1.45 bits per heavy atom. The summed E-state index contributed by atoms with van der Waals surface area (Å²) in [5, 5.41) is 19.9. The van der Waals surface area contributed by atoms with E-state index in [0.717, 1.165) is 0 Å². The predicted molar refractivity (Wildman–Crippen MR) is 67.8 cm³/mol. The quantitative estimate of drug-likeness (QED) is 0.665. The second kappa shape index (κ2) is 5.43. The molecule has 7 nitrogen and oxygen atoms in total. The topological polar surface area (TPSA) is 103 Å². The van der Waals surface area contributed by atoms with E-state index in [2.05, 4.69) is 0 Å². The summed E-state index contributed by atoms with van der Waals surface area (Å²) in [5.74, 6) is -1.36. The fraction of sp³-hybridized carbons (Fsp3) is 0.154. The smallest absolute Gasteiger partial charge is 0.372 e. The van der Waals surface area contributed by atoms with Crippen molar-refractivity contribution in [3.05, 3.63) is 57.5 Å². The Balaban J connectivity index is 2.23. The molecule has 0 fully saturated rings. The third-order valence-corrected chi connectivity index (χ3v) is 2.71. The van der Waals surface area contributed by atoms with Gasteiger partial charge in [-0.25, -0.2) is 4.79 Å². The third kappa shape index (κ3) is 2.61. The first-order chi connectivity index (χ1) is 9.50. The molecule has 0 amide bonds. The summed E-state index contributed by atoms with van der Waals surface area (Å²) in [7, 11) is 0. The molecule has 0 bridgehead atoms. The van der Waals surface area contributed by atoms with Gasteiger partial charge in [-0.2, -0.15) is 0 Å². The van der Waals surface area contributed by atoms with Crippen LogP contribution >= 0.6 is 0 Å². The number of ether oxygens (including phenoxy) is 1. The molecule has 20 heavy (non-hydrogen) atoms. The first-order valence-corrected chi connectivity index (χ1v) is 5.67. The zero-order chi connectivity index (χ0) is 14.7. The zero-order valence-electron chi connectivity index (χ0n) is 10.5. The van der Waals surface area contributed by atoms with E-state index < -0.39 is 10.9 Å². The monoisotopic (exact) mass is 277 g/mol. The maximum atomic E-state index is 11.0. The van der Waals surface area contributed by atoms with Crippen LogP contribution in [0.5, 0.6) is 5.75 Å². The standard InChI is InChI=1S/C13H11NO6/c1-8-3-2-4-10(11(8)14(17)18)20-7-9-5-6-19-12(9)13(15)16/h2-6H,7H2,1H3,(H,15,16). The minimum atomic E-state index is -1.22. The van der Waals surface area contributed by atoms with Gasteiger partial charge in [0.05, 0.1) is 11.2 Å². The van der Waals surface area contributed by atoms with Crippen LogP contribution in [0.15, 0.2) is 34.9 Å². The number of furan rings is 1. The SMILES string of the molecule is Cc1cccc(OCc2ccoc2C(=O)O)c1[N+](=O)[O-]. The van der Waals surface area contributed by atoms with Crippen molar-refractivity contribution in [2.24, 2.45) is 0 Å². The van der Waals surface area contributed by atoms with Gasteiger partial charge in [0.25, 0.3) is 0 Å². The normalized spacial score (nSPS) is 10.2. The number of carboxylic acids is 1. The predicted octanol–water partition coefficient (Wildman–Crippen LogP) is 2.77. The van der Waals surface area contributed by atoms with Crippen molar-refractivity contribution in [1.29, 1.82) is 0 Å². The maximum Gasteiger partial charge on any atom is 0.372 e. The van der Waals surface area contributed by atoms with Gasteiger partial charge in [0, 0.05) is 11.1 Å². The molecule has 0 unspecified atom stereocenters. The Morgan fingerprint density at radius 2 is 2.20 bits per heavy atom. The Kier molecular flexibility index (Phi) is 3.69. The van der Waals surface area contributed by atoms with Gasteiger partial charge < -0.3 is 14.3 Å². The van der Waals surface area contributed by atoms with E-state index in [-0.39, 0.29) is 23.8 Å². The number of nitro benzene ring substituents is 1. The van der Waals surface area contributed by atoms with Crippen molar-refractivity contribution >= 4 is 11.7 Å². The molecule has 0 aliphatic heterocycles. The van der Waals surface area contributed by atoms with Crippen LogP contribution < -0.4 is 4.74 Å². The lowest BCUT2D eigenvalue weighted by molar-refractivity contribution is -0.386. The largest absolute Gasteiger partial charge is 0.482 e. The lowest BCUT2D eigenvalue weighted by Crippen LogP contribution is -2.04. The second-order valence-electron chi connectivity index (χ2n) is 4.05. The highest BCUT2D eigenvalue weighted by atomic mass is 16.6. The average Bonchev–Trinajstić information content (AvgIpc) is 2.84. The Morgan fingerprint density at radius 3 is 2.85 bits per heavy atom. The number of rotatable bonds is 5. The van der Waals surface area contributed by atoms with Gasteiger partial charge in [-0.15, -0.1) is 0 Å². The van der Waals surface area contributed by atoms with E-state index in [0.29, 0.717) is 11.1 Å². The summed E-state index contributed by atoms with van der Waals surface area (Å²) in [6.45, 7) is 1.48. The number of aryl methyl sites for hydroxylation is 1. The highest BCUT2D eigenvalue weighted by molar-refractivity contribution is 5.86. The Hall–Kier alpha value is -2.83. The van der Waals surface area contributed by atoms with E-state index in [4.69, 9.17) is 14.3 Å². The van der Waals surface area contributed by atoms with Gasteiger partial charge in [-0.1, -0.05) is 12.1 Å². The van der Waals surface area contributed by atoms with E-state index >= 15 is 0 Å². The molecular formula is C13H11NO6. The van der Waals surface area contributed by atoms with Crippen LogP contribution in [0.2, 0.25) is 0 Å². The van der Waals surface area contributed by atoms with Gasteiger partial charge >= 0.3 is 11.7 Å². The number of para-hydroxylation sites is 1. The number of hydrogen-bond donors (Lipinski definition) is 1. The molecule has 104 valence electrons. The fourth-order valence-corrected chi connectivity index (χ4v) is 1.77. The minimum absolute atomic E-state index is 0.0903. The summed E-state index contributed by atoms with van der Waals surface area (Å²) >= 11 is 0. The number of carbonyl (C=O) groups is 1. The Labute approximate surface area is 113 Å². The van der Waals surface area contributed by atoms with Crippen molar-refractivity contribution in [2.75, 3.05) is 0 Å². The molecule has 7 heteroatoms. The molecule has 1 heterocycles. The summed E-state index contributed by atoms with van der Waals surface area (Å²) in [6, 6.07) is 6.15. The fourth-order valence-electron chi connectivity index (χ4n) is 1.77. The van der Waals surface area contributed by atoms with Crippen LogP contribution in [-0.2, 0) is 6.61 Å². The highest BCUT2D eigenvalue weighted by Gasteiger charge is 2.20. The summed E-state index contributed by atoms with van der Waals surface area (Å²) in [4.78, 5) is 21.3. The number of hydrogen-bond acceptors (Lipinski definition) is 5. The molecule has 0 aliphatic carbocycles. The van der Waals surface area contributed by atoms with Gasteiger partial charge in [-0.3, -0.25) is 10.1 Å². The van der Waals surface area contributed by atoms with Crippen LogP contribution in [-0.4, -0.2) is 16.0 Å². The molecular weight excluding hydrogens is 266 g/mol. The Bertz CT molecular complexity index is 661. The van der Waals surface area contributed by atoms with Crippen LogP contribution in [0.3, 0.4) is 0 Å². The van der Waals surface area contributed by atoms with Gasteiger partial charge in [0.2, 0.25) is 5.76 Å².